The van der Waals surface area contributed by atoms with Crippen LogP contribution in [0.5, 0.6) is 0 Å². The van der Waals surface area contributed by atoms with Gasteiger partial charge in [-0.1, -0.05) is 0 Å². The van der Waals surface area contributed by atoms with Crippen molar-refractivity contribution in [2.75, 3.05) is 69.3 Å². The molecule has 4 heterocycles. The lowest BCUT2D eigenvalue weighted by Crippen LogP contribution is -2.53. The van der Waals surface area contributed by atoms with E-state index >= 15 is 4.39 Å². The Morgan fingerprint density at radius 1 is 1.14 bits per heavy atom. The zero-order chi connectivity index (χ0) is 31.1. The fourth-order valence-electron chi connectivity index (χ4n) is 6.33. The number of rotatable bonds is 13. The summed E-state index contributed by atoms with van der Waals surface area (Å²) in [6.07, 6.45) is 7.77. The maximum atomic E-state index is 15.7. The van der Waals surface area contributed by atoms with Gasteiger partial charge in [0.1, 0.15) is 5.82 Å². The molecule has 3 atom stereocenters. The first-order valence-corrected chi connectivity index (χ1v) is 16.2. The van der Waals surface area contributed by atoms with Crippen molar-refractivity contribution in [1.29, 1.82) is 0 Å². The number of halogens is 1. The number of morpholine rings is 1. The van der Waals surface area contributed by atoms with Gasteiger partial charge < -0.3 is 25.0 Å². The van der Waals surface area contributed by atoms with Crippen LogP contribution in [0.2, 0.25) is 0 Å². The number of ether oxygens (including phenoxy) is 2. The van der Waals surface area contributed by atoms with Gasteiger partial charge >= 0.3 is 0 Å². The van der Waals surface area contributed by atoms with Crippen LogP contribution in [-0.4, -0.2) is 95.9 Å². The standard InChI is InChI=1S/C33H49FN8O2/c1-6-44-25(5)32(35-11-13-40-14-16-43-17-15-40)26-8-7-12-41(21-26)30-10-9-28(18-29(30)34)38-33-36-19-24(4)31(39-33)27-20-37-42(22-27)23(2)3/h9-10,18-20,22-23,25-26,32,35H,6-8,11-17,21H2,1-5H3,(H,36,38,39)/t25?,26-,32?/m1/s1. The number of anilines is 3. The van der Waals surface area contributed by atoms with Crippen LogP contribution in [0.4, 0.5) is 21.7 Å². The highest BCUT2D eigenvalue weighted by molar-refractivity contribution is 5.65. The van der Waals surface area contributed by atoms with E-state index in [1.54, 1.807) is 12.3 Å². The summed E-state index contributed by atoms with van der Waals surface area (Å²) in [5.41, 5.74) is 3.92. The van der Waals surface area contributed by atoms with Gasteiger partial charge in [0.15, 0.2) is 0 Å². The molecule has 0 spiro atoms. The summed E-state index contributed by atoms with van der Waals surface area (Å²) in [7, 11) is 0. The topological polar surface area (TPSA) is 92.6 Å². The molecule has 0 radical (unpaired) electrons. The molecule has 5 rings (SSSR count). The van der Waals surface area contributed by atoms with Gasteiger partial charge in [-0.15, -0.1) is 0 Å². The molecule has 3 aromatic rings. The zero-order valence-corrected chi connectivity index (χ0v) is 26.9. The summed E-state index contributed by atoms with van der Waals surface area (Å²) in [5, 5.41) is 11.5. The van der Waals surface area contributed by atoms with Crippen molar-refractivity contribution < 1.29 is 13.9 Å². The highest BCUT2D eigenvalue weighted by atomic mass is 19.1. The highest BCUT2D eigenvalue weighted by Crippen LogP contribution is 2.31. The van der Waals surface area contributed by atoms with Crippen LogP contribution < -0.4 is 15.5 Å². The third-order valence-electron chi connectivity index (χ3n) is 8.73. The van der Waals surface area contributed by atoms with Crippen LogP contribution in [0.25, 0.3) is 11.3 Å². The number of aryl methyl sites for hydroxylation is 1. The van der Waals surface area contributed by atoms with Crippen molar-refractivity contribution in [3.05, 3.63) is 48.2 Å². The number of hydrogen-bond acceptors (Lipinski definition) is 9. The molecule has 10 nitrogen and oxygen atoms in total. The van der Waals surface area contributed by atoms with E-state index in [-0.39, 0.29) is 24.0 Å². The summed E-state index contributed by atoms with van der Waals surface area (Å²) in [5.74, 6) is 0.520. The number of benzene rings is 1. The first-order chi connectivity index (χ1) is 21.3. The molecule has 0 aliphatic carbocycles. The predicted octanol–water partition coefficient (Wildman–Crippen LogP) is 5.04. The maximum absolute atomic E-state index is 15.7. The third kappa shape index (κ3) is 8.12. The lowest BCUT2D eigenvalue weighted by atomic mass is 9.87. The van der Waals surface area contributed by atoms with Gasteiger partial charge in [0, 0.05) is 81.6 Å². The van der Waals surface area contributed by atoms with Gasteiger partial charge in [0.05, 0.1) is 36.9 Å². The second kappa shape index (κ2) is 15.2. The minimum Gasteiger partial charge on any atom is -0.379 e. The Kier molecular flexibility index (Phi) is 11.2. The van der Waals surface area contributed by atoms with E-state index in [4.69, 9.17) is 14.5 Å². The Bertz CT molecular complexity index is 1350. The van der Waals surface area contributed by atoms with E-state index in [1.165, 1.54) is 0 Å². The smallest absolute Gasteiger partial charge is 0.227 e. The van der Waals surface area contributed by atoms with Crippen molar-refractivity contribution in [2.24, 2.45) is 5.92 Å². The molecule has 2 fully saturated rings. The molecular formula is C33H49FN8O2. The SMILES string of the molecule is CCOC(C)C(NCCN1CCOCC1)[C@@H]1CCCN(c2ccc(Nc3ncc(C)c(-c4cnn(C(C)C)c4)n3)cc2F)C1. The molecule has 44 heavy (non-hydrogen) atoms. The zero-order valence-electron chi connectivity index (χ0n) is 26.9. The quantitative estimate of drug-likeness (QED) is 0.277. The summed E-state index contributed by atoms with van der Waals surface area (Å²) in [6.45, 7) is 18.1. The first kappa shape index (κ1) is 32.3. The van der Waals surface area contributed by atoms with Gasteiger partial charge in [-0.05, 0) is 77.1 Å². The van der Waals surface area contributed by atoms with Gasteiger partial charge in [-0.2, -0.15) is 5.10 Å². The van der Waals surface area contributed by atoms with E-state index in [9.17, 15) is 0 Å². The molecule has 0 saturated carbocycles. The van der Waals surface area contributed by atoms with Gasteiger partial charge in [0.2, 0.25) is 5.95 Å². The fourth-order valence-corrected chi connectivity index (χ4v) is 6.33. The lowest BCUT2D eigenvalue weighted by Gasteiger charge is -2.41. The number of aromatic nitrogens is 4. The molecule has 2 saturated heterocycles. The van der Waals surface area contributed by atoms with Crippen LogP contribution in [0.3, 0.4) is 0 Å². The molecule has 2 aliphatic heterocycles. The maximum Gasteiger partial charge on any atom is 0.227 e. The number of nitrogens with one attached hydrogen (secondary N) is 2. The van der Waals surface area contributed by atoms with Crippen LogP contribution in [0, 0.1) is 18.7 Å². The first-order valence-electron chi connectivity index (χ1n) is 16.2. The summed E-state index contributed by atoms with van der Waals surface area (Å²) < 4.78 is 29.1. The van der Waals surface area contributed by atoms with E-state index in [0.717, 1.165) is 82.1 Å². The van der Waals surface area contributed by atoms with Gasteiger partial charge in [-0.25, -0.2) is 14.4 Å². The third-order valence-corrected chi connectivity index (χ3v) is 8.73. The van der Waals surface area contributed by atoms with Crippen molar-refractivity contribution >= 4 is 17.3 Å². The Labute approximate surface area is 261 Å². The molecular weight excluding hydrogens is 559 g/mol. The molecule has 2 aromatic heterocycles. The molecule has 0 bridgehead atoms. The van der Waals surface area contributed by atoms with Crippen molar-refractivity contribution in [1.82, 2.24) is 30.0 Å². The summed E-state index contributed by atoms with van der Waals surface area (Å²) >= 11 is 0. The highest BCUT2D eigenvalue weighted by Gasteiger charge is 2.32. The minimum atomic E-state index is -0.254. The minimum absolute atomic E-state index is 0.0742. The number of nitrogens with zero attached hydrogens (tertiary/aromatic N) is 6. The Morgan fingerprint density at radius 2 is 1.95 bits per heavy atom. The predicted molar refractivity (Wildman–Crippen MR) is 173 cm³/mol. The van der Waals surface area contributed by atoms with Crippen molar-refractivity contribution in [3.8, 4) is 11.3 Å². The molecule has 2 aliphatic rings. The Morgan fingerprint density at radius 3 is 2.68 bits per heavy atom. The molecule has 0 amide bonds. The summed E-state index contributed by atoms with van der Waals surface area (Å²) in [4.78, 5) is 13.8. The molecule has 1 aromatic carbocycles. The number of hydrogen-bond donors (Lipinski definition) is 2. The lowest BCUT2D eigenvalue weighted by molar-refractivity contribution is 0.0208. The molecule has 240 valence electrons. The number of piperidine rings is 1. The second-order valence-electron chi connectivity index (χ2n) is 12.3. The molecule has 2 N–H and O–H groups in total. The van der Waals surface area contributed by atoms with E-state index < -0.39 is 0 Å². The Hall–Kier alpha value is -3.12. The normalized spacial score (nSPS) is 19.3. The van der Waals surface area contributed by atoms with E-state index in [1.807, 2.05) is 43.1 Å². The fraction of sp³-hybridized carbons (Fsp3) is 0.606. The van der Waals surface area contributed by atoms with Crippen LogP contribution >= 0.6 is 0 Å². The van der Waals surface area contributed by atoms with Gasteiger partial charge in [-0.3, -0.25) is 9.58 Å². The average Bonchev–Trinajstić information content (AvgIpc) is 3.52. The second-order valence-corrected chi connectivity index (χ2v) is 12.3. The monoisotopic (exact) mass is 608 g/mol. The van der Waals surface area contributed by atoms with E-state index in [2.05, 4.69) is 51.3 Å². The van der Waals surface area contributed by atoms with Gasteiger partial charge in [0.25, 0.3) is 0 Å². The van der Waals surface area contributed by atoms with Crippen LogP contribution in [0.15, 0.2) is 36.8 Å². The van der Waals surface area contributed by atoms with Crippen LogP contribution in [-0.2, 0) is 9.47 Å². The van der Waals surface area contributed by atoms with Crippen LogP contribution in [0.1, 0.15) is 52.1 Å². The van der Waals surface area contributed by atoms with Crippen molar-refractivity contribution in [2.45, 2.75) is 65.6 Å². The molecule has 11 heteroatoms. The average molecular weight is 609 g/mol. The van der Waals surface area contributed by atoms with E-state index in [0.29, 0.717) is 29.8 Å². The van der Waals surface area contributed by atoms with Crippen molar-refractivity contribution in [3.63, 3.8) is 0 Å². The summed E-state index contributed by atoms with van der Waals surface area (Å²) in [6, 6.07) is 5.77. The Balaban J connectivity index is 1.24. The largest absolute Gasteiger partial charge is 0.379 e. The molecule has 2 unspecified atom stereocenters.